The number of ether oxygens (including phenoxy) is 1. The molecule has 1 aliphatic heterocycles. The number of aromatic nitrogens is 4. The van der Waals surface area contributed by atoms with Gasteiger partial charge in [0.1, 0.15) is 5.75 Å². The Morgan fingerprint density at radius 1 is 1.03 bits per heavy atom. The number of rotatable bonds is 4. The molecule has 3 heterocycles. The van der Waals surface area contributed by atoms with Gasteiger partial charge in [-0.3, -0.25) is 0 Å². The Labute approximate surface area is 171 Å². The fourth-order valence-electron chi connectivity index (χ4n) is 3.71. The first kappa shape index (κ1) is 20.2. The highest BCUT2D eigenvalue weighted by atomic mass is 19.4. The molecule has 3 aromatic rings. The summed E-state index contributed by atoms with van der Waals surface area (Å²) >= 11 is 0. The lowest BCUT2D eigenvalue weighted by atomic mass is 10.0. The third kappa shape index (κ3) is 3.73. The van der Waals surface area contributed by atoms with Crippen LogP contribution in [0.15, 0.2) is 24.3 Å². The molecule has 1 aromatic carbocycles. The van der Waals surface area contributed by atoms with Crippen LogP contribution in [0.3, 0.4) is 0 Å². The molecule has 0 saturated carbocycles. The van der Waals surface area contributed by atoms with Crippen LogP contribution in [0.1, 0.15) is 29.8 Å². The molecule has 30 heavy (non-hydrogen) atoms. The zero-order chi connectivity index (χ0) is 21.5. The molecular weight excluding hydrogens is 397 g/mol. The van der Waals surface area contributed by atoms with E-state index in [-0.39, 0.29) is 11.7 Å². The Morgan fingerprint density at radius 2 is 1.70 bits per heavy atom. The van der Waals surface area contributed by atoms with Gasteiger partial charge < -0.3 is 15.0 Å². The molecule has 1 aliphatic rings. The molecule has 1 fully saturated rings. The van der Waals surface area contributed by atoms with Crippen LogP contribution in [0.25, 0.3) is 5.65 Å². The number of alkyl halides is 3. The minimum atomic E-state index is -4.62. The molecule has 0 atom stereocenters. The second kappa shape index (κ2) is 7.66. The molecule has 0 unspecified atom stereocenters. The molecule has 4 rings (SSSR count). The second-order valence-electron chi connectivity index (χ2n) is 7.46. The quantitative estimate of drug-likeness (QED) is 0.692. The number of aryl methyl sites for hydroxylation is 1. The fraction of sp³-hybridized carbons (Fsp3) is 0.450. The molecule has 0 bridgehead atoms. The van der Waals surface area contributed by atoms with E-state index in [4.69, 9.17) is 4.74 Å². The smallest absolute Gasteiger partial charge is 0.453 e. The van der Waals surface area contributed by atoms with Crippen molar-refractivity contribution in [2.24, 2.45) is 0 Å². The summed E-state index contributed by atoms with van der Waals surface area (Å²) in [6, 6.07) is 8.04. The summed E-state index contributed by atoms with van der Waals surface area (Å²) in [5, 5.41) is 14.5. The number of anilines is 2. The molecule has 0 spiro atoms. The Kier molecular flexibility index (Phi) is 5.17. The summed E-state index contributed by atoms with van der Waals surface area (Å²) in [4.78, 5) is 2.29. The van der Waals surface area contributed by atoms with Crippen molar-refractivity contribution in [2.75, 3.05) is 30.4 Å². The Hall–Kier alpha value is -3.04. The van der Waals surface area contributed by atoms with Crippen LogP contribution in [0, 0.1) is 13.8 Å². The van der Waals surface area contributed by atoms with E-state index >= 15 is 0 Å². The van der Waals surface area contributed by atoms with Crippen LogP contribution in [0.2, 0.25) is 0 Å². The molecule has 0 amide bonds. The van der Waals surface area contributed by atoms with Crippen LogP contribution in [-0.2, 0) is 6.18 Å². The lowest BCUT2D eigenvalue weighted by Crippen LogP contribution is -2.39. The maximum absolute atomic E-state index is 13.2. The minimum absolute atomic E-state index is 0.119. The maximum Gasteiger partial charge on any atom is 0.453 e. The van der Waals surface area contributed by atoms with Crippen molar-refractivity contribution < 1.29 is 17.9 Å². The molecule has 10 heteroatoms. The molecule has 7 nitrogen and oxygen atoms in total. The highest BCUT2D eigenvalue weighted by Crippen LogP contribution is 2.30. The predicted molar refractivity (Wildman–Crippen MR) is 107 cm³/mol. The average Bonchev–Trinajstić information content (AvgIpc) is 3.17. The summed E-state index contributed by atoms with van der Waals surface area (Å²) in [5.74, 6) is 0.140. The number of piperidine rings is 1. The lowest BCUT2D eigenvalue weighted by molar-refractivity contribution is -0.146. The molecule has 0 radical (unpaired) electrons. The van der Waals surface area contributed by atoms with Gasteiger partial charge in [0.05, 0.1) is 7.11 Å². The summed E-state index contributed by atoms with van der Waals surface area (Å²) < 4.78 is 45.7. The van der Waals surface area contributed by atoms with E-state index in [9.17, 15) is 13.2 Å². The standard InChI is InChI=1S/C20H23F3N6O/c1-12-13(2)18-25-26-19(20(21,22)23)29(18)27-17(12)24-14-8-10-28(11-9-14)15-4-6-16(30-3)7-5-15/h4-7,14H,8-11H2,1-3H3,(H,24,27). The predicted octanol–water partition coefficient (Wildman–Crippen LogP) is 3.85. The largest absolute Gasteiger partial charge is 0.497 e. The second-order valence-corrected chi connectivity index (χ2v) is 7.46. The van der Waals surface area contributed by atoms with Gasteiger partial charge in [0.2, 0.25) is 0 Å². The Balaban J connectivity index is 1.50. The van der Waals surface area contributed by atoms with E-state index in [1.165, 1.54) is 0 Å². The first-order chi connectivity index (χ1) is 14.3. The molecule has 1 N–H and O–H groups in total. The summed E-state index contributed by atoms with van der Waals surface area (Å²) in [5.41, 5.74) is 2.66. The van der Waals surface area contributed by atoms with Crippen LogP contribution >= 0.6 is 0 Å². The normalized spacial score (nSPS) is 15.6. The van der Waals surface area contributed by atoms with E-state index in [1.807, 2.05) is 31.2 Å². The van der Waals surface area contributed by atoms with Crippen LogP contribution in [0.4, 0.5) is 24.7 Å². The Morgan fingerprint density at radius 3 is 2.30 bits per heavy atom. The summed E-state index contributed by atoms with van der Waals surface area (Å²) in [7, 11) is 1.64. The number of nitrogens with one attached hydrogen (secondary N) is 1. The summed E-state index contributed by atoms with van der Waals surface area (Å²) in [6.07, 6.45) is -2.92. The van der Waals surface area contributed by atoms with Gasteiger partial charge in [0.25, 0.3) is 5.82 Å². The van der Waals surface area contributed by atoms with Gasteiger partial charge in [-0.2, -0.15) is 17.7 Å². The number of hydrogen-bond donors (Lipinski definition) is 1. The van der Waals surface area contributed by atoms with Crippen molar-refractivity contribution >= 4 is 17.2 Å². The third-order valence-corrected chi connectivity index (χ3v) is 5.62. The maximum atomic E-state index is 13.2. The van der Waals surface area contributed by atoms with E-state index in [2.05, 4.69) is 25.5 Å². The number of hydrogen-bond acceptors (Lipinski definition) is 6. The SMILES string of the molecule is COc1ccc(N2CCC(Nc3nn4c(C(F)(F)F)nnc4c(C)c3C)CC2)cc1. The van der Waals surface area contributed by atoms with Gasteiger partial charge in [-0.1, -0.05) is 0 Å². The van der Waals surface area contributed by atoms with Crippen molar-refractivity contribution in [1.82, 2.24) is 19.8 Å². The minimum Gasteiger partial charge on any atom is -0.497 e. The first-order valence-electron chi connectivity index (χ1n) is 9.73. The highest BCUT2D eigenvalue weighted by Gasteiger charge is 2.38. The number of benzene rings is 1. The van der Waals surface area contributed by atoms with Gasteiger partial charge in [-0.25, -0.2) is 0 Å². The van der Waals surface area contributed by atoms with Crippen molar-refractivity contribution in [2.45, 2.75) is 38.9 Å². The van der Waals surface area contributed by atoms with Crippen molar-refractivity contribution in [3.8, 4) is 5.75 Å². The van der Waals surface area contributed by atoms with E-state index < -0.39 is 12.0 Å². The van der Waals surface area contributed by atoms with Gasteiger partial charge in [-0.15, -0.1) is 15.3 Å². The van der Waals surface area contributed by atoms with Gasteiger partial charge in [0.15, 0.2) is 11.5 Å². The number of fused-ring (bicyclic) bond motifs is 1. The molecule has 2 aromatic heterocycles. The zero-order valence-corrected chi connectivity index (χ0v) is 17.0. The number of methoxy groups -OCH3 is 1. The number of nitrogens with zero attached hydrogens (tertiary/aromatic N) is 5. The van der Waals surface area contributed by atoms with Crippen molar-refractivity contribution in [3.05, 3.63) is 41.2 Å². The summed E-state index contributed by atoms with van der Waals surface area (Å²) in [6.45, 7) is 5.24. The monoisotopic (exact) mass is 420 g/mol. The van der Waals surface area contributed by atoms with Gasteiger partial charge in [-0.05, 0) is 56.5 Å². The third-order valence-electron chi connectivity index (χ3n) is 5.62. The average molecular weight is 420 g/mol. The lowest BCUT2D eigenvalue weighted by Gasteiger charge is -2.34. The molecule has 1 saturated heterocycles. The van der Waals surface area contributed by atoms with Crippen LogP contribution in [0.5, 0.6) is 5.75 Å². The van der Waals surface area contributed by atoms with Crippen LogP contribution in [-0.4, -0.2) is 46.1 Å². The van der Waals surface area contributed by atoms with E-state index in [1.54, 1.807) is 14.0 Å². The fourth-order valence-corrected chi connectivity index (χ4v) is 3.71. The topological polar surface area (TPSA) is 67.6 Å². The molecule has 0 aliphatic carbocycles. The zero-order valence-electron chi connectivity index (χ0n) is 17.0. The molecule has 160 valence electrons. The highest BCUT2D eigenvalue weighted by molar-refractivity contribution is 5.58. The molecular formula is C20H23F3N6O. The van der Waals surface area contributed by atoms with Crippen LogP contribution < -0.4 is 15.0 Å². The van der Waals surface area contributed by atoms with Crippen molar-refractivity contribution in [1.29, 1.82) is 0 Å². The van der Waals surface area contributed by atoms with Gasteiger partial charge >= 0.3 is 6.18 Å². The van der Waals surface area contributed by atoms with Crippen molar-refractivity contribution in [3.63, 3.8) is 0 Å². The van der Waals surface area contributed by atoms with Gasteiger partial charge in [0, 0.05) is 30.4 Å². The Bertz CT molecular complexity index is 1040. The number of halogens is 3. The van der Waals surface area contributed by atoms with E-state index in [0.29, 0.717) is 11.4 Å². The van der Waals surface area contributed by atoms with E-state index in [0.717, 1.165) is 47.4 Å². The first-order valence-corrected chi connectivity index (χ1v) is 9.73.